The second-order valence-electron chi connectivity index (χ2n) is 8.87. The Hall–Kier alpha value is -4.45. The molecule has 4 rings (SSSR count). The SMILES string of the molecule is COc1cc2c(c(OC)c1OC)-c1ccc(SC)c(=O)cc1[C@@H](NC(=O)c1ccc(CO[N+](=O)[O-])cc1O)CC2. The number of carbonyl (C=O) groups is 1. The minimum atomic E-state index is -0.938. The molecule has 1 aliphatic rings. The molecule has 0 radical (unpaired) electrons. The number of nitrogens with zero attached hydrogens (tertiary/aromatic N) is 1. The molecule has 3 aromatic carbocycles. The van der Waals surface area contributed by atoms with Gasteiger partial charge in [0, 0.05) is 5.56 Å². The highest BCUT2D eigenvalue weighted by atomic mass is 32.2. The third-order valence-corrected chi connectivity index (χ3v) is 7.45. The maximum Gasteiger partial charge on any atom is 0.294 e. The molecule has 210 valence electrons. The zero-order valence-electron chi connectivity index (χ0n) is 22.3. The number of hydrogen-bond donors (Lipinski definition) is 2. The number of aryl methyl sites for hydroxylation is 1. The van der Waals surface area contributed by atoms with Gasteiger partial charge in [0.15, 0.2) is 16.9 Å². The van der Waals surface area contributed by atoms with E-state index in [1.54, 1.807) is 6.07 Å². The fourth-order valence-electron chi connectivity index (χ4n) is 4.84. The molecule has 2 N–H and O–H groups in total. The molecular formula is C28H28N2O9S. The molecule has 0 saturated heterocycles. The van der Waals surface area contributed by atoms with Crippen LogP contribution in [0.2, 0.25) is 0 Å². The molecule has 1 atom stereocenters. The number of hydrogen-bond acceptors (Lipinski definition) is 10. The van der Waals surface area contributed by atoms with Crippen molar-refractivity contribution in [1.82, 2.24) is 5.32 Å². The van der Waals surface area contributed by atoms with E-state index < -0.39 is 17.0 Å². The van der Waals surface area contributed by atoms with Gasteiger partial charge < -0.3 is 29.5 Å². The first-order chi connectivity index (χ1) is 19.2. The first-order valence-electron chi connectivity index (χ1n) is 12.2. The quantitative estimate of drug-likeness (QED) is 0.218. The van der Waals surface area contributed by atoms with Crippen LogP contribution in [-0.2, 0) is 17.9 Å². The minimum Gasteiger partial charge on any atom is -0.507 e. The number of aromatic hydroxyl groups is 1. The molecule has 1 aliphatic carbocycles. The average Bonchev–Trinajstić information content (AvgIpc) is 3.18. The van der Waals surface area contributed by atoms with E-state index in [4.69, 9.17) is 14.2 Å². The van der Waals surface area contributed by atoms with Crippen molar-refractivity contribution in [3.05, 3.63) is 85.1 Å². The lowest BCUT2D eigenvalue weighted by Gasteiger charge is -2.20. The zero-order chi connectivity index (χ0) is 29.0. The Morgan fingerprint density at radius 1 is 1.10 bits per heavy atom. The van der Waals surface area contributed by atoms with Crippen molar-refractivity contribution in [2.75, 3.05) is 27.6 Å². The predicted octanol–water partition coefficient (Wildman–Crippen LogP) is 4.29. The van der Waals surface area contributed by atoms with E-state index in [0.717, 1.165) is 11.1 Å². The molecule has 0 fully saturated rings. The average molecular weight is 569 g/mol. The van der Waals surface area contributed by atoms with Crippen molar-refractivity contribution in [2.24, 2.45) is 0 Å². The first-order valence-corrected chi connectivity index (χ1v) is 13.4. The largest absolute Gasteiger partial charge is 0.507 e. The van der Waals surface area contributed by atoms with E-state index in [2.05, 4.69) is 10.2 Å². The Labute approximate surface area is 234 Å². The summed E-state index contributed by atoms with van der Waals surface area (Å²) in [5, 5.41) is 23.0. The number of rotatable bonds is 9. The monoisotopic (exact) mass is 568 g/mol. The highest BCUT2D eigenvalue weighted by molar-refractivity contribution is 7.98. The fraction of sp³-hybridized carbons (Fsp3) is 0.286. The zero-order valence-corrected chi connectivity index (χ0v) is 23.1. The summed E-state index contributed by atoms with van der Waals surface area (Å²) in [5.41, 5.74) is 2.98. The smallest absolute Gasteiger partial charge is 0.294 e. The number of phenols is 1. The van der Waals surface area contributed by atoms with Crippen LogP contribution in [0.1, 0.15) is 39.5 Å². The van der Waals surface area contributed by atoms with E-state index in [0.29, 0.717) is 51.7 Å². The maximum absolute atomic E-state index is 13.4. The van der Waals surface area contributed by atoms with Gasteiger partial charge in [-0.3, -0.25) is 9.59 Å². The van der Waals surface area contributed by atoms with Gasteiger partial charge in [-0.25, -0.2) is 0 Å². The Bertz CT molecular complexity index is 1530. The van der Waals surface area contributed by atoms with Crippen LogP contribution >= 0.6 is 11.8 Å². The molecule has 0 saturated carbocycles. The molecular weight excluding hydrogens is 540 g/mol. The molecule has 0 aliphatic heterocycles. The van der Waals surface area contributed by atoms with Gasteiger partial charge in [0.05, 0.1) is 37.8 Å². The summed E-state index contributed by atoms with van der Waals surface area (Å²) < 4.78 is 17.0. The van der Waals surface area contributed by atoms with Gasteiger partial charge in [-0.05, 0) is 71.7 Å². The number of phenolic OH excluding ortho intramolecular Hbond substituents is 1. The molecule has 1 amide bonds. The lowest BCUT2D eigenvalue weighted by molar-refractivity contribution is -0.763. The van der Waals surface area contributed by atoms with Crippen LogP contribution in [0.4, 0.5) is 0 Å². The highest BCUT2D eigenvalue weighted by Gasteiger charge is 2.30. The Balaban J connectivity index is 1.82. The van der Waals surface area contributed by atoms with Crippen molar-refractivity contribution >= 4 is 17.7 Å². The number of fused-ring (bicyclic) bond motifs is 3. The van der Waals surface area contributed by atoms with Crippen LogP contribution in [0, 0.1) is 10.1 Å². The van der Waals surface area contributed by atoms with Crippen molar-refractivity contribution in [1.29, 1.82) is 0 Å². The number of nitrogens with one attached hydrogen (secondary N) is 1. The van der Waals surface area contributed by atoms with E-state index >= 15 is 0 Å². The molecule has 0 aromatic heterocycles. The summed E-state index contributed by atoms with van der Waals surface area (Å²) in [6.45, 7) is -0.369. The number of benzene rings is 2. The predicted molar refractivity (Wildman–Crippen MR) is 148 cm³/mol. The van der Waals surface area contributed by atoms with Gasteiger partial charge in [-0.2, -0.15) is 0 Å². The molecule has 0 heterocycles. The van der Waals surface area contributed by atoms with Gasteiger partial charge in [0.1, 0.15) is 12.4 Å². The summed E-state index contributed by atoms with van der Waals surface area (Å²) in [6, 6.07) is 10.4. The van der Waals surface area contributed by atoms with E-state index in [1.165, 1.54) is 57.4 Å². The number of amides is 1. The van der Waals surface area contributed by atoms with Crippen molar-refractivity contribution in [3.63, 3.8) is 0 Å². The van der Waals surface area contributed by atoms with Crippen molar-refractivity contribution in [3.8, 4) is 34.1 Å². The molecule has 0 unspecified atom stereocenters. The second kappa shape index (κ2) is 12.2. The molecule has 40 heavy (non-hydrogen) atoms. The summed E-state index contributed by atoms with van der Waals surface area (Å²) in [4.78, 5) is 41.8. The molecule has 12 heteroatoms. The van der Waals surface area contributed by atoms with Crippen molar-refractivity contribution < 1.29 is 34.0 Å². The van der Waals surface area contributed by atoms with Gasteiger partial charge in [-0.1, -0.05) is 12.1 Å². The normalized spacial score (nSPS) is 13.8. The van der Waals surface area contributed by atoms with E-state index in [1.807, 2.05) is 18.4 Å². The molecule has 0 bridgehead atoms. The number of methoxy groups -OCH3 is 3. The lowest BCUT2D eigenvalue weighted by atomic mass is 9.95. The summed E-state index contributed by atoms with van der Waals surface area (Å²) in [7, 11) is 4.58. The maximum atomic E-state index is 13.4. The standard InChI is InChI=1S/C28H28N2O9S/c1-36-23-12-16-6-9-20(29-28(33)18-7-5-15(11-21(18)31)14-39-30(34)35)19-13-22(32)24(40-4)10-8-17(19)25(16)27(38-3)26(23)37-2/h5,7-8,10-13,20,31H,6,9,14H2,1-4H3,(H,29,33)/t20-/m0/s1. The molecule has 11 nitrogen and oxygen atoms in total. The topological polar surface area (TPSA) is 146 Å². The Morgan fingerprint density at radius 3 is 2.48 bits per heavy atom. The summed E-state index contributed by atoms with van der Waals surface area (Å²) in [6.07, 6.45) is 2.74. The van der Waals surface area contributed by atoms with Gasteiger partial charge >= 0.3 is 0 Å². The minimum absolute atomic E-state index is 0.0264. The molecule has 3 aromatic rings. The number of ether oxygens (including phenoxy) is 3. The summed E-state index contributed by atoms with van der Waals surface area (Å²) >= 11 is 1.32. The van der Waals surface area contributed by atoms with Crippen LogP contribution in [0.15, 0.2) is 52.2 Å². The van der Waals surface area contributed by atoms with Crippen LogP contribution in [0.25, 0.3) is 11.1 Å². The Morgan fingerprint density at radius 2 is 1.85 bits per heavy atom. The van der Waals surface area contributed by atoms with E-state index in [9.17, 15) is 24.8 Å². The Kier molecular flexibility index (Phi) is 8.68. The van der Waals surface area contributed by atoms with Crippen LogP contribution in [-0.4, -0.2) is 43.7 Å². The lowest BCUT2D eigenvalue weighted by Crippen LogP contribution is -2.29. The highest BCUT2D eigenvalue weighted by Crippen LogP contribution is 2.50. The van der Waals surface area contributed by atoms with Gasteiger partial charge in [-0.15, -0.1) is 21.9 Å². The van der Waals surface area contributed by atoms with E-state index in [-0.39, 0.29) is 23.3 Å². The fourth-order valence-corrected chi connectivity index (χ4v) is 5.30. The first kappa shape index (κ1) is 28.6. The van der Waals surface area contributed by atoms with Crippen LogP contribution in [0.5, 0.6) is 23.0 Å². The van der Waals surface area contributed by atoms with Gasteiger partial charge in [0.25, 0.3) is 11.0 Å². The summed E-state index contributed by atoms with van der Waals surface area (Å²) in [5.74, 6) is 0.403. The number of carbonyl (C=O) groups excluding carboxylic acids is 1. The molecule has 0 spiro atoms. The van der Waals surface area contributed by atoms with Crippen LogP contribution in [0.3, 0.4) is 0 Å². The van der Waals surface area contributed by atoms with Crippen LogP contribution < -0.4 is 25.0 Å². The third kappa shape index (κ3) is 5.62. The number of thioether (sulfide) groups is 1. The third-order valence-electron chi connectivity index (χ3n) is 6.67. The van der Waals surface area contributed by atoms with Gasteiger partial charge in [0.2, 0.25) is 5.75 Å². The van der Waals surface area contributed by atoms with Crippen molar-refractivity contribution in [2.45, 2.75) is 30.4 Å². The second-order valence-corrected chi connectivity index (χ2v) is 9.72.